The van der Waals surface area contributed by atoms with E-state index in [0.717, 1.165) is 11.6 Å². The maximum absolute atomic E-state index is 11.1. The second-order valence-corrected chi connectivity index (χ2v) is 4.78. The summed E-state index contributed by atoms with van der Waals surface area (Å²) < 4.78 is 22.2. The van der Waals surface area contributed by atoms with E-state index in [4.69, 9.17) is 5.14 Å². The minimum Gasteiger partial charge on any atom is -0.322 e. The first-order valence-corrected chi connectivity index (χ1v) is 5.96. The van der Waals surface area contributed by atoms with Gasteiger partial charge in [0.1, 0.15) is 0 Å². The van der Waals surface area contributed by atoms with Crippen LogP contribution in [0.2, 0.25) is 0 Å². The van der Waals surface area contributed by atoms with Crippen LogP contribution in [0.4, 0.5) is 5.69 Å². The zero-order valence-electron chi connectivity index (χ0n) is 8.73. The molecule has 0 aliphatic carbocycles. The molecular formula is C10H12N2O3S. The van der Waals surface area contributed by atoms with Gasteiger partial charge in [-0.25, -0.2) is 13.6 Å². The molecule has 0 fully saturated rings. The quantitative estimate of drug-likeness (QED) is 0.764. The van der Waals surface area contributed by atoms with Crippen LogP contribution in [0.15, 0.2) is 35.7 Å². The molecule has 0 spiro atoms. The number of carbonyl (C=O) groups is 1. The number of nitrogens with two attached hydrogens (primary N) is 1. The Morgan fingerprint density at radius 2 is 2.12 bits per heavy atom. The molecule has 6 heteroatoms. The Morgan fingerprint density at radius 3 is 2.62 bits per heavy atom. The summed E-state index contributed by atoms with van der Waals surface area (Å²) in [6.45, 7) is 5.04. The van der Waals surface area contributed by atoms with Crippen LogP contribution in [0.1, 0.15) is 5.56 Å². The average molecular weight is 240 g/mol. The van der Waals surface area contributed by atoms with Crippen molar-refractivity contribution in [2.75, 3.05) is 5.32 Å². The predicted molar refractivity (Wildman–Crippen MR) is 61.4 cm³/mol. The van der Waals surface area contributed by atoms with Gasteiger partial charge in [0.2, 0.25) is 15.9 Å². The average Bonchev–Trinajstić information content (AvgIpc) is 2.19. The maximum atomic E-state index is 11.1. The van der Waals surface area contributed by atoms with E-state index >= 15 is 0 Å². The molecule has 0 saturated carbocycles. The van der Waals surface area contributed by atoms with E-state index in [1.54, 1.807) is 13.0 Å². The van der Waals surface area contributed by atoms with Crippen LogP contribution in [0.3, 0.4) is 0 Å². The fourth-order valence-electron chi connectivity index (χ4n) is 1.10. The van der Waals surface area contributed by atoms with Crippen LogP contribution in [-0.4, -0.2) is 14.3 Å². The summed E-state index contributed by atoms with van der Waals surface area (Å²) in [5.74, 6) is -0.408. The van der Waals surface area contributed by atoms with E-state index in [0.29, 0.717) is 5.69 Å². The molecule has 3 N–H and O–H groups in total. The minimum absolute atomic E-state index is 0.0440. The number of benzene rings is 1. The number of hydrogen-bond donors (Lipinski definition) is 2. The Morgan fingerprint density at radius 1 is 1.50 bits per heavy atom. The fraction of sp³-hybridized carbons (Fsp3) is 0.100. The third-order valence-corrected chi connectivity index (χ3v) is 2.89. The number of hydrogen-bond acceptors (Lipinski definition) is 3. The highest BCUT2D eigenvalue weighted by Gasteiger charge is 2.10. The molecule has 0 aliphatic rings. The smallest absolute Gasteiger partial charge is 0.247 e. The van der Waals surface area contributed by atoms with Gasteiger partial charge in [-0.1, -0.05) is 12.6 Å². The lowest BCUT2D eigenvalue weighted by Gasteiger charge is -2.08. The molecule has 1 aromatic rings. The first kappa shape index (κ1) is 12.4. The highest BCUT2D eigenvalue weighted by atomic mass is 32.2. The van der Waals surface area contributed by atoms with Gasteiger partial charge in [-0.3, -0.25) is 4.79 Å². The van der Waals surface area contributed by atoms with Gasteiger partial charge in [-0.05, 0) is 30.7 Å². The van der Waals surface area contributed by atoms with Gasteiger partial charge in [-0.15, -0.1) is 0 Å². The molecule has 0 unspecified atom stereocenters. The zero-order valence-corrected chi connectivity index (χ0v) is 9.54. The van der Waals surface area contributed by atoms with Gasteiger partial charge in [0, 0.05) is 5.69 Å². The van der Waals surface area contributed by atoms with Crippen LogP contribution >= 0.6 is 0 Å². The first-order chi connectivity index (χ1) is 7.34. The van der Waals surface area contributed by atoms with Crippen LogP contribution < -0.4 is 10.5 Å². The van der Waals surface area contributed by atoms with Gasteiger partial charge in [0.05, 0.1) is 4.90 Å². The van der Waals surface area contributed by atoms with Gasteiger partial charge in [-0.2, -0.15) is 0 Å². The standard InChI is InChI=1S/C10H12N2O3S/c1-3-10(13)12-9-6-8(16(11,14)15)5-4-7(9)2/h3-6H,1H2,2H3,(H,12,13)(H2,11,14,15). The van der Waals surface area contributed by atoms with Gasteiger partial charge in [0.25, 0.3) is 0 Å². The van der Waals surface area contributed by atoms with Gasteiger partial charge >= 0.3 is 0 Å². The molecule has 1 amide bonds. The van der Waals surface area contributed by atoms with E-state index in [9.17, 15) is 13.2 Å². The number of anilines is 1. The van der Waals surface area contributed by atoms with Crippen molar-refractivity contribution in [2.24, 2.45) is 5.14 Å². The first-order valence-electron chi connectivity index (χ1n) is 4.41. The number of amides is 1. The van der Waals surface area contributed by atoms with Crippen molar-refractivity contribution in [2.45, 2.75) is 11.8 Å². The molecule has 0 atom stereocenters. The summed E-state index contributed by atoms with van der Waals surface area (Å²) in [6.07, 6.45) is 1.10. The summed E-state index contributed by atoms with van der Waals surface area (Å²) in [5.41, 5.74) is 1.14. The van der Waals surface area contributed by atoms with Crippen molar-refractivity contribution < 1.29 is 13.2 Å². The third-order valence-electron chi connectivity index (χ3n) is 1.98. The molecule has 0 bridgehead atoms. The molecule has 0 aliphatic heterocycles. The zero-order chi connectivity index (χ0) is 12.3. The number of carbonyl (C=O) groups excluding carboxylic acids is 1. The van der Waals surface area contributed by atoms with Crippen LogP contribution in [0, 0.1) is 6.92 Å². The molecule has 0 aromatic heterocycles. The normalized spacial score (nSPS) is 10.9. The summed E-state index contributed by atoms with van der Waals surface area (Å²) in [4.78, 5) is 11.0. The Labute approximate surface area is 94.0 Å². The van der Waals surface area contributed by atoms with Crippen molar-refractivity contribution in [1.82, 2.24) is 0 Å². The Kier molecular flexibility index (Phi) is 3.46. The van der Waals surface area contributed by atoms with Crippen molar-refractivity contribution in [3.63, 3.8) is 0 Å². The Bertz CT molecular complexity index is 535. The van der Waals surface area contributed by atoms with Crippen molar-refractivity contribution in [3.05, 3.63) is 36.4 Å². The monoisotopic (exact) mass is 240 g/mol. The molecular weight excluding hydrogens is 228 g/mol. The molecule has 1 aromatic carbocycles. The third kappa shape index (κ3) is 2.91. The van der Waals surface area contributed by atoms with E-state index in [1.165, 1.54) is 12.1 Å². The van der Waals surface area contributed by atoms with Crippen LogP contribution in [0.5, 0.6) is 0 Å². The number of rotatable bonds is 3. The second-order valence-electron chi connectivity index (χ2n) is 3.22. The van der Waals surface area contributed by atoms with Gasteiger partial charge < -0.3 is 5.32 Å². The summed E-state index contributed by atoms with van der Waals surface area (Å²) in [6, 6.07) is 4.26. The molecule has 16 heavy (non-hydrogen) atoms. The lowest BCUT2D eigenvalue weighted by molar-refractivity contribution is -0.111. The van der Waals surface area contributed by atoms with E-state index in [-0.39, 0.29) is 4.90 Å². The number of nitrogens with one attached hydrogen (secondary N) is 1. The molecule has 0 radical (unpaired) electrons. The van der Waals surface area contributed by atoms with E-state index in [1.807, 2.05) is 0 Å². The molecule has 5 nitrogen and oxygen atoms in total. The Hall–Kier alpha value is -1.66. The van der Waals surface area contributed by atoms with Gasteiger partial charge in [0.15, 0.2) is 0 Å². The summed E-state index contributed by atoms with van der Waals surface area (Å²) in [5, 5.41) is 7.47. The second kappa shape index (κ2) is 4.46. The maximum Gasteiger partial charge on any atom is 0.247 e. The Balaban J connectivity index is 3.19. The van der Waals surface area contributed by atoms with Crippen molar-refractivity contribution >= 4 is 21.6 Å². The predicted octanol–water partition coefficient (Wildman–Crippen LogP) is 0.767. The number of aryl methyl sites for hydroxylation is 1. The molecule has 1 rings (SSSR count). The largest absolute Gasteiger partial charge is 0.322 e. The topological polar surface area (TPSA) is 89.3 Å². The fourth-order valence-corrected chi connectivity index (χ4v) is 1.64. The SMILES string of the molecule is C=CC(=O)Nc1cc(S(N)(=O)=O)ccc1C. The molecule has 86 valence electrons. The lowest BCUT2D eigenvalue weighted by atomic mass is 10.2. The lowest BCUT2D eigenvalue weighted by Crippen LogP contribution is -2.14. The van der Waals surface area contributed by atoms with E-state index in [2.05, 4.69) is 11.9 Å². The highest BCUT2D eigenvalue weighted by Crippen LogP contribution is 2.19. The molecule has 0 heterocycles. The number of sulfonamides is 1. The van der Waals surface area contributed by atoms with Crippen LogP contribution in [0.25, 0.3) is 0 Å². The van der Waals surface area contributed by atoms with Crippen molar-refractivity contribution in [3.8, 4) is 0 Å². The van der Waals surface area contributed by atoms with E-state index < -0.39 is 15.9 Å². The summed E-state index contributed by atoms with van der Waals surface area (Å²) >= 11 is 0. The minimum atomic E-state index is -3.76. The van der Waals surface area contributed by atoms with Crippen LogP contribution in [-0.2, 0) is 14.8 Å². The molecule has 0 saturated heterocycles. The van der Waals surface area contributed by atoms with Crippen molar-refractivity contribution in [1.29, 1.82) is 0 Å². The number of primary sulfonamides is 1. The summed E-state index contributed by atoms with van der Waals surface area (Å²) in [7, 11) is -3.76. The highest BCUT2D eigenvalue weighted by molar-refractivity contribution is 7.89.